The van der Waals surface area contributed by atoms with Crippen LogP contribution in [0.4, 0.5) is 0 Å². The second-order valence-electron chi connectivity index (χ2n) is 4.64. The monoisotopic (exact) mass is 268 g/mol. The van der Waals surface area contributed by atoms with Gasteiger partial charge in [-0.15, -0.1) is 0 Å². The maximum absolute atomic E-state index is 11.2. The molecule has 102 valence electrons. The molecule has 20 heavy (non-hydrogen) atoms. The number of aryl methyl sites for hydroxylation is 2. The van der Waals surface area contributed by atoms with Gasteiger partial charge in [-0.05, 0) is 37.6 Å². The molecule has 0 heterocycles. The van der Waals surface area contributed by atoms with Gasteiger partial charge >= 0.3 is 5.97 Å². The Labute approximate surface area is 118 Å². The Kier molecular flexibility index (Phi) is 4.20. The SMILES string of the molecule is Cc1ccc(C=C(Oc2ccc(C)cc2)C(=O)O)cc1. The summed E-state index contributed by atoms with van der Waals surface area (Å²) in [7, 11) is 0. The van der Waals surface area contributed by atoms with Crippen LogP contribution in [0.2, 0.25) is 0 Å². The summed E-state index contributed by atoms with van der Waals surface area (Å²) in [4.78, 5) is 11.2. The zero-order valence-corrected chi connectivity index (χ0v) is 11.5. The molecule has 0 aliphatic rings. The average molecular weight is 268 g/mol. The number of rotatable bonds is 4. The van der Waals surface area contributed by atoms with E-state index >= 15 is 0 Å². The standard InChI is InChI=1S/C17H16O3/c1-12-3-7-14(8-4-12)11-16(17(18)19)20-15-9-5-13(2)6-10-15/h3-11H,1-2H3,(H,18,19). The summed E-state index contributed by atoms with van der Waals surface area (Å²) in [5.41, 5.74) is 3.01. The number of ether oxygens (including phenoxy) is 1. The molecule has 0 aliphatic heterocycles. The zero-order valence-electron chi connectivity index (χ0n) is 11.5. The highest BCUT2D eigenvalue weighted by Crippen LogP contribution is 2.17. The Hall–Kier alpha value is -2.55. The molecular formula is C17H16O3. The van der Waals surface area contributed by atoms with E-state index in [1.165, 1.54) is 6.08 Å². The van der Waals surface area contributed by atoms with Crippen molar-refractivity contribution >= 4 is 12.0 Å². The predicted molar refractivity (Wildman–Crippen MR) is 78.6 cm³/mol. The van der Waals surface area contributed by atoms with Crippen LogP contribution in [0.1, 0.15) is 16.7 Å². The van der Waals surface area contributed by atoms with Crippen molar-refractivity contribution < 1.29 is 14.6 Å². The van der Waals surface area contributed by atoms with Crippen molar-refractivity contribution in [1.29, 1.82) is 0 Å². The molecule has 0 unspecified atom stereocenters. The zero-order chi connectivity index (χ0) is 14.5. The number of aliphatic carboxylic acids is 1. The van der Waals surface area contributed by atoms with Gasteiger partial charge in [0.05, 0.1) is 0 Å². The van der Waals surface area contributed by atoms with E-state index in [1.807, 2.05) is 50.2 Å². The van der Waals surface area contributed by atoms with Crippen molar-refractivity contribution in [2.24, 2.45) is 0 Å². The number of carbonyl (C=O) groups is 1. The van der Waals surface area contributed by atoms with Crippen LogP contribution in [-0.2, 0) is 4.79 Å². The summed E-state index contributed by atoms with van der Waals surface area (Å²) in [5, 5.41) is 9.21. The number of carboxylic acid groups (broad SMARTS) is 1. The van der Waals surface area contributed by atoms with E-state index in [1.54, 1.807) is 12.1 Å². The van der Waals surface area contributed by atoms with Crippen molar-refractivity contribution in [3.8, 4) is 5.75 Å². The van der Waals surface area contributed by atoms with Gasteiger partial charge in [-0.2, -0.15) is 0 Å². The van der Waals surface area contributed by atoms with Gasteiger partial charge in [0.25, 0.3) is 0 Å². The van der Waals surface area contributed by atoms with E-state index in [0.29, 0.717) is 5.75 Å². The van der Waals surface area contributed by atoms with Crippen molar-refractivity contribution in [2.45, 2.75) is 13.8 Å². The van der Waals surface area contributed by atoms with Crippen LogP contribution in [0.25, 0.3) is 6.08 Å². The molecule has 0 saturated carbocycles. The number of hydrogen-bond donors (Lipinski definition) is 1. The van der Waals surface area contributed by atoms with E-state index in [0.717, 1.165) is 16.7 Å². The third-order valence-corrected chi connectivity index (χ3v) is 2.83. The van der Waals surface area contributed by atoms with Gasteiger partial charge in [-0.3, -0.25) is 0 Å². The summed E-state index contributed by atoms with van der Waals surface area (Å²) in [6.07, 6.45) is 1.52. The summed E-state index contributed by atoms with van der Waals surface area (Å²) < 4.78 is 5.43. The van der Waals surface area contributed by atoms with Gasteiger partial charge in [0.1, 0.15) is 5.75 Å². The summed E-state index contributed by atoms with van der Waals surface area (Å²) >= 11 is 0. The minimum Gasteiger partial charge on any atom is -0.475 e. The molecule has 0 atom stereocenters. The molecule has 0 spiro atoms. The molecule has 1 N–H and O–H groups in total. The van der Waals surface area contributed by atoms with E-state index in [2.05, 4.69) is 0 Å². The highest BCUT2D eigenvalue weighted by atomic mass is 16.5. The molecule has 0 aromatic heterocycles. The second-order valence-corrected chi connectivity index (χ2v) is 4.64. The largest absolute Gasteiger partial charge is 0.475 e. The number of carboxylic acids is 1. The fourth-order valence-electron chi connectivity index (χ4n) is 1.68. The lowest BCUT2D eigenvalue weighted by Crippen LogP contribution is -2.07. The van der Waals surface area contributed by atoms with Gasteiger partial charge < -0.3 is 9.84 Å². The summed E-state index contributed by atoms with van der Waals surface area (Å²) in [5.74, 6) is -0.680. The van der Waals surface area contributed by atoms with Crippen LogP contribution in [0.15, 0.2) is 54.3 Å². The molecule has 3 nitrogen and oxygen atoms in total. The predicted octanol–water partition coefficient (Wildman–Crippen LogP) is 3.81. The summed E-state index contributed by atoms with van der Waals surface area (Å²) in [6, 6.07) is 14.8. The van der Waals surface area contributed by atoms with Crippen molar-refractivity contribution in [3.05, 3.63) is 71.0 Å². The molecule has 0 bridgehead atoms. The molecule has 3 heteroatoms. The Balaban J connectivity index is 2.25. The Bertz CT molecular complexity index is 622. The first kappa shape index (κ1) is 13.9. The first-order chi connectivity index (χ1) is 9.54. The fraction of sp³-hybridized carbons (Fsp3) is 0.118. The molecule has 0 aliphatic carbocycles. The summed E-state index contributed by atoms with van der Waals surface area (Å²) in [6.45, 7) is 3.94. The van der Waals surface area contributed by atoms with Crippen LogP contribution in [0.5, 0.6) is 5.75 Å². The second kappa shape index (κ2) is 6.06. The van der Waals surface area contributed by atoms with Crippen LogP contribution in [-0.4, -0.2) is 11.1 Å². The molecule has 0 radical (unpaired) electrons. The van der Waals surface area contributed by atoms with E-state index in [9.17, 15) is 9.90 Å². The van der Waals surface area contributed by atoms with Gasteiger partial charge in [0, 0.05) is 0 Å². The Morgan fingerprint density at radius 1 is 0.950 bits per heavy atom. The maximum atomic E-state index is 11.2. The Morgan fingerprint density at radius 2 is 1.45 bits per heavy atom. The van der Waals surface area contributed by atoms with Gasteiger partial charge in [-0.1, -0.05) is 47.5 Å². The normalized spacial score (nSPS) is 11.2. The minimum atomic E-state index is -1.09. The first-order valence-corrected chi connectivity index (χ1v) is 6.31. The highest BCUT2D eigenvalue weighted by Gasteiger charge is 2.10. The fourth-order valence-corrected chi connectivity index (χ4v) is 1.68. The molecule has 2 aromatic carbocycles. The van der Waals surface area contributed by atoms with Crippen LogP contribution < -0.4 is 4.74 Å². The van der Waals surface area contributed by atoms with Crippen LogP contribution >= 0.6 is 0 Å². The molecule has 0 saturated heterocycles. The smallest absolute Gasteiger partial charge is 0.371 e. The van der Waals surface area contributed by atoms with Crippen molar-refractivity contribution in [2.75, 3.05) is 0 Å². The molecule has 0 amide bonds. The maximum Gasteiger partial charge on any atom is 0.371 e. The molecule has 2 rings (SSSR count). The van der Waals surface area contributed by atoms with Crippen LogP contribution in [0, 0.1) is 13.8 Å². The average Bonchev–Trinajstić information content (AvgIpc) is 2.42. The quantitative estimate of drug-likeness (QED) is 0.677. The topological polar surface area (TPSA) is 46.5 Å². The molecular weight excluding hydrogens is 252 g/mol. The number of hydrogen-bond acceptors (Lipinski definition) is 2. The highest BCUT2D eigenvalue weighted by molar-refractivity contribution is 5.90. The van der Waals surface area contributed by atoms with E-state index in [4.69, 9.17) is 4.74 Å². The molecule has 0 fully saturated rings. The van der Waals surface area contributed by atoms with Crippen molar-refractivity contribution in [3.63, 3.8) is 0 Å². The lowest BCUT2D eigenvalue weighted by molar-refractivity contribution is -0.134. The number of benzene rings is 2. The lowest BCUT2D eigenvalue weighted by atomic mass is 10.1. The third-order valence-electron chi connectivity index (χ3n) is 2.83. The first-order valence-electron chi connectivity index (χ1n) is 6.31. The van der Waals surface area contributed by atoms with Crippen LogP contribution in [0.3, 0.4) is 0 Å². The van der Waals surface area contributed by atoms with E-state index in [-0.39, 0.29) is 5.76 Å². The third kappa shape index (κ3) is 3.72. The van der Waals surface area contributed by atoms with Crippen molar-refractivity contribution in [1.82, 2.24) is 0 Å². The Morgan fingerprint density at radius 3 is 1.95 bits per heavy atom. The van der Waals surface area contributed by atoms with Gasteiger partial charge in [-0.25, -0.2) is 4.79 Å². The molecule has 2 aromatic rings. The minimum absolute atomic E-state index is 0.0993. The van der Waals surface area contributed by atoms with Gasteiger partial charge in [0.2, 0.25) is 5.76 Å². The lowest BCUT2D eigenvalue weighted by Gasteiger charge is -2.07. The van der Waals surface area contributed by atoms with E-state index < -0.39 is 5.97 Å². The van der Waals surface area contributed by atoms with Gasteiger partial charge in [0.15, 0.2) is 0 Å².